The molecule has 0 amide bonds. The van der Waals surface area contributed by atoms with Gasteiger partial charge in [0.05, 0.1) is 0 Å². The lowest BCUT2D eigenvalue weighted by Crippen LogP contribution is -2.37. The van der Waals surface area contributed by atoms with Gasteiger partial charge in [0.25, 0.3) is 0 Å². The molecule has 1 aliphatic rings. The molecule has 1 aromatic carbocycles. The number of rotatable bonds is 5. The molecule has 106 valence electrons. The van der Waals surface area contributed by atoms with Crippen LogP contribution in [0, 0.1) is 13.8 Å². The Morgan fingerprint density at radius 3 is 2.68 bits per heavy atom. The van der Waals surface area contributed by atoms with E-state index < -0.39 is 0 Å². The molecule has 1 N–H and O–H groups in total. The van der Waals surface area contributed by atoms with E-state index in [1.807, 2.05) is 0 Å². The zero-order chi connectivity index (χ0) is 13.8. The maximum Gasteiger partial charge on any atom is 0.0449 e. The van der Waals surface area contributed by atoms with Crippen LogP contribution in [0.5, 0.6) is 0 Å². The monoisotopic (exact) mass is 260 g/mol. The predicted octanol–water partition coefficient (Wildman–Crippen LogP) is 3.44. The molecule has 2 atom stereocenters. The molecular weight excluding hydrogens is 232 g/mol. The third-order valence-corrected chi connectivity index (χ3v) is 4.49. The predicted molar refractivity (Wildman–Crippen MR) is 82.6 cm³/mol. The van der Waals surface area contributed by atoms with Crippen LogP contribution in [0.2, 0.25) is 0 Å². The lowest BCUT2D eigenvalue weighted by atomic mass is 10.0. The Labute approximate surface area is 118 Å². The molecule has 0 radical (unpaired) electrons. The number of likely N-dealkylation sites (N-methyl/N-ethyl adjacent to an activating group) is 1. The van der Waals surface area contributed by atoms with Gasteiger partial charge in [-0.3, -0.25) is 4.90 Å². The normalized spacial score (nSPS) is 21.8. The van der Waals surface area contributed by atoms with E-state index in [2.05, 4.69) is 56.1 Å². The van der Waals surface area contributed by atoms with Crippen molar-refractivity contribution in [3.05, 3.63) is 34.9 Å². The fourth-order valence-electron chi connectivity index (χ4n) is 3.01. The van der Waals surface area contributed by atoms with Gasteiger partial charge in [-0.15, -0.1) is 0 Å². The summed E-state index contributed by atoms with van der Waals surface area (Å²) in [5.41, 5.74) is 4.22. The van der Waals surface area contributed by atoms with Crippen LogP contribution in [0.25, 0.3) is 0 Å². The van der Waals surface area contributed by atoms with Crippen LogP contribution in [-0.4, -0.2) is 30.6 Å². The van der Waals surface area contributed by atoms with Gasteiger partial charge in [0.1, 0.15) is 0 Å². The van der Waals surface area contributed by atoms with Crippen molar-refractivity contribution in [3.8, 4) is 0 Å². The van der Waals surface area contributed by atoms with Crippen molar-refractivity contribution in [1.82, 2.24) is 10.2 Å². The lowest BCUT2D eigenvalue weighted by Gasteiger charge is -2.28. The summed E-state index contributed by atoms with van der Waals surface area (Å²) in [4.78, 5) is 2.63. The Hall–Kier alpha value is -0.860. The van der Waals surface area contributed by atoms with E-state index in [1.165, 1.54) is 36.1 Å². The average molecular weight is 260 g/mol. The van der Waals surface area contributed by atoms with Crippen LogP contribution < -0.4 is 5.32 Å². The zero-order valence-corrected chi connectivity index (χ0v) is 12.9. The van der Waals surface area contributed by atoms with E-state index >= 15 is 0 Å². The van der Waals surface area contributed by atoms with Gasteiger partial charge in [0.15, 0.2) is 0 Å². The summed E-state index contributed by atoms with van der Waals surface area (Å²) in [6.07, 6.45) is 2.71. The Kier molecular flexibility index (Phi) is 5.00. The molecule has 0 spiro atoms. The third-order valence-electron chi connectivity index (χ3n) is 4.49. The molecule has 0 aromatic heterocycles. The van der Waals surface area contributed by atoms with Crippen molar-refractivity contribution in [2.75, 3.05) is 19.6 Å². The van der Waals surface area contributed by atoms with Gasteiger partial charge in [-0.25, -0.2) is 0 Å². The number of hydrogen-bond donors (Lipinski definition) is 1. The van der Waals surface area contributed by atoms with E-state index in [9.17, 15) is 0 Å². The number of aryl methyl sites for hydroxylation is 2. The smallest absolute Gasteiger partial charge is 0.0449 e. The topological polar surface area (TPSA) is 15.3 Å². The summed E-state index contributed by atoms with van der Waals surface area (Å²) in [6.45, 7) is 12.4. The fraction of sp³-hybridized carbons (Fsp3) is 0.647. The summed E-state index contributed by atoms with van der Waals surface area (Å²) < 4.78 is 0. The first-order valence-corrected chi connectivity index (χ1v) is 7.66. The number of likely N-dealkylation sites (tertiary alicyclic amines) is 1. The van der Waals surface area contributed by atoms with E-state index in [1.54, 1.807) is 0 Å². The lowest BCUT2D eigenvalue weighted by molar-refractivity contribution is 0.238. The largest absolute Gasteiger partial charge is 0.309 e. The molecule has 1 saturated heterocycles. The van der Waals surface area contributed by atoms with Crippen molar-refractivity contribution < 1.29 is 0 Å². The van der Waals surface area contributed by atoms with Gasteiger partial charge in [-0.05, 0) is 63.4 Å². The molecule has 19 heavy (non-hydrogen) atoms. The SMILES string of the molecule is CCNC(CN1CCCC1C)c1ccc(C)c(C)c1. The maximum absolute atomic E-state index is 3.65. The minimum Gasteiger partial charge on any atom is -0.309 e. The molecule has 0 saturated carbocycles. The quantitative estimate of drug-likeness (QED) is 0.872. The van der Waals surface area contributed by atoms with Crippen LogP contribution >= 0.6 is 0 Å². The summed E-state index contributed by atoms with van der Waals surface area (Å²) in [5, 5.41) is 3.65. The van der Waals surface area contributed by atoms with Crippen LogP contribution in [0.15, 0.2) is 18.2 Å². The van der Waals surface area contributed by atoms with E-state index in [0.29, 0.717) is 6.04 Å². The zero-order valence-electron chi connectivity index (χ0n) is 12.9. The molecule has 0 bridgehead atoms. The standard InChI is InChI=1S/C17H28N2/c1-5-18-17(12-19-10-6-7-15(19)4)16-9-8-13(2)14(3)11-16/h8-9,11,15,17-18H,5-7,10,12H2,1-4H3. The highest BCUT2D eigenvalue weighted by Crippen LogP contribution is 2.23. The highest BCUT2D eigenvalue weighted by Gasteiger charge is 2.23. The Balaban J connectivity index is 2.12. The molecule has 1 heterocycles. The van der Waals surface area contributed by atoms with Crippen molar-refractivity contribution >= 4 is 0 Å². The van der Waals surface area contributed by atoms with Crippen LogP contribution in [0.1, 0.15) is 49.4 Å². The molecule has 2 unspecified atom stereocenters. The molecule has 2 heteroatoms. The van der Waals surface area contributed by atoms with Crippen molar-refractivity contribution in [2.24, 2.45) is 0 Å². The number of nitrogens with one attached hydrogen (secondary N) is 1. The van der Waals surface area contributed by atoms with E-state index in [-0.39, 0.29) is 0 Å². The molecule has 1 fully saturated rings. The molecular formula is C17H28N2. The Morgan fingerprint density at radius 1 is 1.32 bits per heavy atom. The number of nitrogens with zero attached hydrogens (tertiary/aromatic N) is 1. The second kappa shape index (κ2) is 6.53. The first kappa shape index (κ1) is 14.5. The summed E-state index contributed by atoms with van der Waals surface area (Å²) in [5.74, 6) is 0. The summed E-state index contributed by atoms with van der Waals surface area (Å²) >= 11 is 0. The molecule has 0 aliphatic carbocycles. The Morgan fingerprint density at radius 2 is 2.11 bits per heavy atom. The van der Waals surface area contributed by atoms with Crippen molar-refractivity contribution in [1.29, 1.82) is 0 Å². The van der Waals surface area contributed by atoms with Gasteiger partial charge in [0.2, 0.25) is 0 Å². The van der Waals surface area contributed by atoms with Crippen molar-refractivity contribution in [3.63, 3.8) is 0 Å². The van der Waals surface area contributed by atoms with Crippen molar-refractivity contribution in [2.45, 2.75) is 52.6 Å². The molecule has 2 rings (SSSR count). The highest BCUT2D eigenvalue weighted by atomic mass is 15.2. The Bertz CT molecular complexity index is 414. The van der Waals surface area contributed by atoms with Gasteiger partial charge >= 0.3 is 0 Å². The molecule has 1 aliphatic heterocycles. The maximum atomic E-state index is 3.65. The minimum atomic E-state index is 0.463. The van der Waals surface area contributed by atoms with Gasteiger partial charge in [-0.2, -0.15) is 0 Å². The summed E-state index contributed by atoms with van der Waals surface area (Å²) in [6, 6.07) is 8.10. The van der Waals surface area contributed by atoms with Gasteiger partial charge in [-0.1, -0.05) is 25.1 Å². The molecule has 1 aromatic rings. The minimum absolute atomic E-state index is 0.463. The fourth-order valence-corrected chi connectivity index (χ4v) is 3.01. The number of benzene rings is 1. The third kappa shape index (κ3) is 3.58. The van der Waals surface area contributed by atoms with Crippen LogP contribution in [0.4, 0.5) is 0 Å². The van der Waals surface area contributed by atoms with E-state index in [4.69, 9.17) is 0 Å². The van der Waals surface area contributed by atoms with Crippen LogP contribution in [0.3, 0.4) is 0 Å². The number of hydrogen-bond acceptors (Lipinski definition) is 2. The first-order chi connectivity index (χ1) is 9.11. The highest BCUT2D eigenvalue weighted by molar-refractivity contribution is 5.32. The second-order valence-corrected chi connectivity index (χ2v) is 5.94. The van der Waals surface area contributed by atoms with Gasteiger partial charge in [0, 0.05) is 18.6 Å². The van der Waals surface area contributed by atoms with E-state index in [0.717, 1.165) is 19.1 Å². The van der Waals surface area contributed by atoms with Gasteiger partial charge < -0.3 is 5.32 Å². The average Bonchev–Trinajstić information content (AvgIpc) is 2.78. The second-order valence-electron chi connectivity index (χ2n) is 5.94. The summed E-state index contributed by atoms with van der Waals surface area (Å²) in [7, 11) is 0. The first-order valence-electron chi connectivity index (χ1n) is 7.66. The van der Waals surface area contributed by atoms with Crippen LogP contribution in [-0.2, 0) is 0 Å². The molecule has 2 nitrogen and oxygen atoms in total.